The van der Waals surface area contributed by atoms with E-state index >= 15 is 0 Å². The monoisotopic (exact) mass is 256 g/mol. The number of hydrogen-bond donors (Lipinski definition) is 1. The molecule has 0 aliphatic rings. The second-order valence-corrected chi connectivity index (χ2v) is 4.32. The van der Waals surface area contributed by atoms with Crippen molar-refractivity contribution in [3.8, 4) is 11.5 Å². The summed E-state index contributed by atoms with van der Waals surface area (Å²) in [6.45, 7) is 1.95. The van der Waals surface area contributed by atoms with Crippen LogP contribution >= 0.6 is 0 Å². The number of rotatable bonds is 5. The molecule has 0 bridgehead atoms. The first-order chi connectivity index (χ1) is 9.16. The van der Waals surface area contributed by atoms with Gasteiger partial charge in [-0.2, -0.15) is 0 Å². The maximum absolute atomic E-state index is 11.3. The van der Waals surface area contributed by atoms with Gasteiger partial charge in [-0.05, 0) is 30.7 Å². The summed E-state index contributed by atoms with van der Waals surface area (Å²) in [6.07, 6.45) is 0.803. The van der Waals surface area contributed by atoms with Crippen LogP contribution in [0.4, 0.5) is 0 Å². The molecule has 0 saturated carbocycles. The van der Waals surface area contributed by atoms with Gasteiger partial charge in [0.1, 0.15) is 11.5 Å². The molecule has 2 rings (SSSR count). The molecule has 0 heterocycles. The van der Waals surface area contributed by atoms with Crippen LogP contribution in [-0.2, 0) is 6.42 Å². The Labute approximate surface area is 112 Å². The maximum Gasteiger partial charge on any atom is 0.163 e. The van der Waals surface area contributed by atoms with Gasteiger partial charge in [0.05, 0.1) is 12.2 Å². The molecule has 0 radical (unpaired) electrons. The second kappa shape index (κ2) is 6.05. The zero-order valence-electron chi connectivity index (χ0n) is 10.8. The summed E-state index contributed by atoms with van der Waals surface area (Å²) < 4.78 is 5.59. The van der Waals surface area contributed by atoms with Crippen LogP contribution in [0, 0.1) is 0 Å². The molecule has 1 N–H and O–H groups in total. The van der Waals surface area contributed by atoms with Crippen molar-refractivity contribution in [1.82, 2.24) is 0 Å². The average molecular weight is 256 g/mol. The SMILES string of the molecule is CC(=O)c1cc(OCCc2ccccc2)ccc1O. The Bertz CT molecular complexity index is 561. The van der Waals surface area contributed by atoms with E-state index in [0.717, 1.165) is 6.42 Å². The molecular weight excluding hydrogens is 240 g/mol. The van der Waals surface area contributed by atoms with Gasteiger partial charge in [-0.1, -0.05) is 30.3 Å². The van der Waals surface area contributed by atoms with Crippen molar-refractivity contribution in [1.29, 1.82) is 0 Å². The van der Waals surface area contributed by atoms with Gasteiger partial charge < -0.3 is 9.84 Å². The number of Topliss-reactive ketones (excluding diaryl/α,β-unsaturated/α-hetero) is 1. The quantitative estimate of drug-likeness (QED) is 0.835. The van der Waals surface area contributed by atoms with Crippen molar-refractivity contribution in [3.63, 3.8) is 0 Å². The Morgan fingerprint density at radius 3 is 2.58 bits per heavy atom. The standard InChI is InChI=1S/C16H16O3/c1-12(17)15-11-14(7-8-16(15)18)19-10-9-13-5-3-2-4-6-13/h2-8,11,18H,9-10H2,1H3. The molecule has 98 valence electrons. The lowest BCUT2D eigenvalue weighted by Gasteiger charge is -2.08. The summed E-state index contributed by atoms with van der Waals surface area (Å²) in [5.74, 6) is 0.410. The van der Waals surface area contributed by atoms with Crippen LogP contribution in [0.5, 0.6) is 11.5 Å². The molecule has 3 heteroatoms. The summed E-state index contributed by atoms with van der Waals surface area (Å²) in [4.78, 5) is 11.3. The van der Waals surface area contributed by atoms with Gasteiger partial charge >= 0.3 is 0 Å². The Kier molecular flexibility index (Phi) is 4.18. The predicted molar refractivity (Wildman–Crippen MR) is 73.8 cm³/mol. The molecule has 0 aromatic heterocycles. The van der Waals surface area contributed by atoms with Crippen LogP contribution in [0.25, 0.3) is 0 Å². The van der Waals surface area contributed by atoms with Crippen molar-refractivity contribution < 1.29 is 14.6 Å². The van der Waals surface area contributed by atoms with E-state index in [1.54, 1.807) is 12.1 Å². The average Bonchev–Trinajstić information content (AvgIpc) is 2.41. The third kappa shape index (κ3) is 3.58. The van der Waals surface area contributed by atoms with Crippen LogP contribution < -0.4 is 4.74 Å². The van der Waals surface area contributed by atoms with Gasteiger partial charge in [0.25, 0.3) is 0 Å². The lowest BCUT2D eigenvalue weighted by molar-refractivity contribution is 0.101. The highest BCUT2D eigenvalue weighted by Gasteiger charge is 2.07. The fourth-order valence-corrected chi connectivity index (χ4v) is 1.82. The fourth-order valence-electron chi connectivity index (χ4n) is 1.82. The smallest absolute Gasteiger partial charge is 0.163 e. The van der Waals surface area contributed by atoms with Gasteiger partial charge in [-0.3, -0.25) is 4.79 Å². The number of hydrogen-bond acceptors (Lipinski definition) is 3. The molecule has 0 saturated heterocycles. The van der Waals surface area contributed by atoms with Gasteiger partial charge in [-0.15, -0.1) is 0 Å². The van der Waals surface area contributed by atoms with E-state index in [1.165, 1.54) is 18.6 Å². The number of carbonyl (C=O) groups excluding carboxylic acids is 1. The number of phenolic OH excluding ortho intramolecular Hbond substituents is 1. The number of benzene rings is 2. The molecule has 0 aliphatic carbocycles. The lowest BCUT2D eigenvalue weighted by atomic mass is 10.1. The van der Waals surface area contributed by atoms with E-state index in [4.69, 9.17) is 4.74 Å². The van der Waals surface area contributed by atoms with Gasteiger partial charge in [0.2, 0.25) is 0 Å². The predicted octanol–water partition coefficient (Wildman–Crippen LogP) is 3.22. The first kappa shape index (κ1) is 13.1. The molecular formula is C16H16O3. The van der Waals surface area contributed by atoms with Crippen LogP contribution in [-0.4, -0.2) is 17.5 Å². The Morgan fingerprint density at radius 1 is 1.16 bits per heavy atom. The Hall–Kier alpha value is -2.29. The summed E-state index contributed by atoms with van der Waals surface area (Å²) >= 11 is 0. The Morgan fingerprint density at radius 2 is 1.89 bits per heavy atom. The van der Waals surface area contributed by atoms with E-state index < -0.39 is 0 Å². The maximum atomic E-state index is 11.3. The van der Waals surface area contributed by atoms with Gasteiger partial charge in [0.15, 0.2) is 5.78 Å². The van der Waals surface area contributed by atoms with E-state index in [9.17, 15) is 9.90 Å². The van der Waals surface area contributed by atoms with Crippen LogP contribution in [0.15, 0.2) is 48.5 Å². The molecule has 0 spiro atoms. The minimum Gasteiger partial charge on any atom is -0.507 e. The van der Waals surface area contributed by atoms with Crippen LogP contribution in [0.3, 0.4) is 0 Å². The summed E-state index contributed by atoms with van der Waals surface area (Å²) in [5, 5.41) is 9.53. The summed E-state index contributed by atoms with van der Waals surface area (Å²) in [5.41, 5.74) is 1.49. The molecule has 19 heavy (non-hydrogen) atoms. The van der Waals surface area contributed by atoms with E-state index in [-0.39, 0.29) is 17.1 Å². The molecule has 0 fully saturated rings. The van der Waals surface area contributed by atoms with Crippen LogP contribution in [0.2, 0.25) is 0 Å². The normalized spacial score (nSPS) is 10.2. The molecule has 0 unspecified atom stereocenters. The molecule has 0 amide bonds. The zero-order chi connectivity index (χ0) is 13.7. The van der Waals surface area contributed by atoms with Crippen molar-refractivity contribution >= 4 is 5.78 Å². The fraction of sp³-hybridized carbons (Fsp3) is 0.188. The molecule has 0 aliphatic heterocycles. The minimum absolute atomic E-state index is 0.0112. The molecule has 2 aromatic carbocycles. The van der Waals surface area contributed by atoms with Crippen LogP contribution in [0.1, 0.15) is 22.8 Å². The highest BCUT2D eigenvalue weighted by Crippen LogP contribution is 2.23. The van der Waals surface area contributed by atoms with Crippen molar-refractivity contribution in [2.24, 2.45) is 0 Å². The number of aromatic hydroxyl groups is 1. The number of carbonyl (C=O) groups is 1. The number of ketones is 1. The molecule has 3 nitrogen and oxygen atoms in total. The first-order valence-electron chi connectivity index (χ1n) is 6.17. The first-order valence-corrected chi connectivity index (χ1v) is 6.17. The molecule has 2 aromatic rings. The summed E-state index contributed by atoms with van der Waals surface area (Å²) in [6, 6.07) is 14.8. The summed E-state index contributed by atoms with van der Waals surface area (Å²) in [7, 11) is 0. The Balaban J connectivity index is 1.97. The lowest BCUT2D eigenvalue weighted by Crippen LogP contribution is -2.02. The van der Waals surface area contributed by atoms with E-state index in [2.05, 4.69) is 0 Å². The molecule has 0 atom stereocenters. The second-order valence-electron chi connectivity index (χ2n) is 4.32. The van der Waals surface area contributed by atoms with E-state index in [0.29, 0.717) is 12.4 Å². The third-order valence-corrected chi connectivity index (χ3v) is 2.85. The highest BCUT2D eigenvalue weighted by molar-refractivity contribution is 5.97. The highest BCUT2D eigenvalue weighted by atomic mass is 16.5. The van der Waals surface area contributed by atoms with Crippen molar-refractivity contribution in [2.75, 3.05) is 6.61 Å². The zero-order valence-corrected chi connectivity index (χ0v) is 10.8. The van der Waals surface area contributed by atoms with E-state index in [1.807, 2.05) is 30.3 Å². The third-order valence-electron chi connectivity index (χ3n) is 2.85. The number of ether oxygens (including phenoxy) is 1. The topological polar surface area (TPSA) is 46.5 Å². The van der Waals surface area contributed by atoms with Crippen molar-refractivity contribution in [3.05, 3.63) is 59.7 Å². The minimum atomic E-state index is -0.175. The largest absolute Gasteiger partial charge is 0.507 e. The van der Waals surface area contributed by atoms with Crippen molar-refractivity contribution in [2.45, 2.75) is 13.3 Å². The van der Waals surface area contributed by atoms with Gasteiger partial charge in [0, 0.05) is 6.42 Å². The van der Waals surface area contributed by atoms with Gasteiger partial charge in [-0.25, -0.2) is 0 Å². The number of phenols is 1.